The molecule has 0 fully saturated rings. The molecule has 0 radical (unpaired) electrons. The molecular formula is C24H22ClN5O4S. The lowest BCUT2D eigenvalue weighted by atomic mass is 10.1. The van der Waals surface area contributed by atoms with Crippen LogP contribution in [0, 0.1) is 6.92 Å². The van der Waals surface area contributed by atoms with Crippen LogP contribution in [0.15, 0.2) is 59.9 Å². The Bertz CT molecular complexity index is 1530. The largest absolute Gasteiger partial charge is 0.490 e. The van der Waals surface area contributed by atoms with Crippen molar-refractivity contribution in [1.82, 2.24) is 15.0 Å². The third-order valence-electron chi connectivity index (χ3n) is 5.70. The van der Waals surface area contributed by atoms with Gasteiger partial charge in [-0.25, -0.2) is 18.4 Å². The third kappa shape index (κ3) is 4.67. The fourth-order valence-corrected chi connectivity index (χ4v) is 5.35. The molecule has 2 aromatic heterocycles. The molecule has 0 aliphatic carbocycles. The number of aromatic nitrogens is 3. The summed E-state index contributed by atoms with van der Waals surface area (Å²) in [6.45, 7) is 3.24. The fourth-order valence-electron chi connectivity index (χ4n) is 3.80. The van der Waals surface area contributed by atoms with E-state index in [9.17, 15) is 8.42 Å². The van der Waals surface area contributed by atoms with Crippen LogP contribution < -0.4 is 19.1 Å². The van der Waals surface area contributed by atoms with Crippen molar-refractivity contribution in [2.24, 2.45) is 0 Å². The van der Waals surface area contributed by atoms with Crippen LogP contribution in [-0.2, 0) is 16.6 Å². The second-order valence-electron chi connectivity index (χ2n) is 8.11. The Kier molecular flexibility index (Phi) is 6.08. The maximum Gasteiger partial charge on any atom is 0.262 e. The second-order valence-corrected chi connectivity index (χ2v) is 10.2. The van der Waals surface area contributed by atoms with Gasteiger partial charge in [-0.15, -0.1) is 0 Å². The molecule has 1 N–H and O–H groups in total. The highest BCUT2D eigenvalue weighted by Crippen LogP contribution is 2.33. The predicted molar refractivity (Wildman–Crippen MR) is 134 cm³/mol. The highest BCUT2D eigenvalue weighted by Gasteiger charge is 2.22. The van der Waals surface area contributed by atoms with E-state index < -0.39 is 10.0 Å². The molecule has 0 saturated carbocycles. The summed E-state index contributed by atoms with van der Waals surface area (Å²) >= 11 is 6.15. The first-order valence-electron chi connectivity index (χ1n) is 10.8. The van der Waals surface area contributed by atoms with Gasteiger partial charge in [0.05, 0.1) is 17.1 Å². The number of hydrogen-bond acceptors (Lipinski definition) is 8. The number of ether oxygens (including phenoxy) is 2. The number of nitrogens with zero attached hydrogens (tertiary/aromatic N) is 4. The molecule has 0 bridgehead atoms. The molecule has 0 spiro atoms. The topological polar surface area (TPSA) is 107 Å². The first kappa shape index (κ1) is 23.1. The summed E-state index contributed by atoms with van der Waals surface area (Å²) in [4.78, 5) is 14.8. The van der Waals surface area contributed by atoms with Gasteiger partial charge in [0.1, 0.15) is 31.0 Å². The molecular weight excluding hydrogens is 490 g/mol. The van der Waals surface area contributed by atoms with E-state index in [1.807, 2.05) is 25.2 Å². The zero-order valence-corrected chi connectivity index (χ0v) is 20.6. The molecule has 0 unspecified atom stereocenters. The van der Waals surface area contributed by atoms with Crippen molar-refractivity contribution in [2.45, 2.75) is 18.4 Å². The zero-order chi connectivity index (χ0) is 24.6. The maximum atomic E-state index is 13.2. The van der Waals surface area contributed by atoms with E-state index in [1.165, 1.54) is 12.4 Å². The van der Waals surface area contributed by atoms with Crippen molar-refractivity contribution in [2.75, 3.05) is 29.8 Å². The molecule has 180 valence electrons. The van der Waals surface area contributed by atoms with Gasteiger partial charge < -0.3 is 14.4 Å². The van der Waals surface area contributed by atoms with Crippen molar-refractivity contribution in [3.63, 3.8) is 0 Å². The number of fused-ring (bicyclic) bond motifs is 2. The number of pyridine rings is 1. The molecule has 1 aliphatic heterocycles. The number of anilines is 2. The Labute approximate surface area is 207 Å². The van der Waals surface area contributed by atoms with Crippen molar-refractivity contribution in [1.29, 1.82) is 0 Å². The van der Waals surface area contributed by atoms with Crippen LogP contribution in [0.5, 0.6) is 11.6 Å². The molecule has 5 rings (SSSR count). The van der Waals surface area contributed by atoms with Gasteiger partial charge in [-0.05, 0) is 48.4 Å². The molecule has 1 aliphatic rings. The van der Waals surface area contributed by atoms with Gasteiger partial charge in [0.15, 0.2) is 5.65 Å². The SMILES string of the molecule is Cc1c(Cl)cccc1S(=O)(=O)Nc1cc2cncnc2nc1OCc1ccc2c(c1)N(C)CCO2. The highest BCUT2D eigenvalue weighted by molar-refractivity contribution is 7.92. The van der Waals surface area contributed by atoms with Crippen LogP contribution >= 0.6 is 11.6 Å². The lowest BCUT2D eigenvalue weighted by Gasteiger charge is -2.28. The molecule has 4 aromatic rings. The minimum Gasteiger partial charge on any atom is -0.490 e. The minimum absolute atomic E-state index is 0.0677. The smallest absolute Gasteiger partial charge is 0.262 e. The number of nitrogens with one attached hydrogen (secondary N) is 1. The van der Waals surface area contributed by atoms with E-state index in [1.54, 1.807) is 31.3 Å². The van der Waals surface area contributed by atoms with E-state index in [0.717, 1.165) is 23.5 Å². The van der Waals surface area contributed by atoms with Crippen LogP contribution in [0.1, 0.15) is 11.1 Å². The summed E-state index contributed by atoms with van der Waals surface area (Å²) in [7, 11) is -1.98. The summed E-state index contributed by atoms with van der Waals surface area (Å²) < 4.78 is 40.8. The summed E-state index contributed by atoms with van der Waals surface area (Å²) in [5.74, 6) is 0.912. The maximum absolute atomic E-state index is 13.2. The average Bonchev–Trinajstić information content (AvgIpc) is 2.84. The highest BCUT2D eigenvalue weighted by atomic mass is 35.5. The van der Waals surface area contributed by atoms with Crippen LogP contribution in [0.4, 0.5) is 11.4 Å². The number of rotatable bonds is 6. The number of halogens is 1. The minimum atomic E-state index is -3.98. The molecule has 35 heavy (non-hydrogen) atoms. The Hall–Kier alpha value is -3.63. The average molecular weight is 512 g/mol. The standard InChI is InChI=1S/C24H22ClN5O4S/c1-15-18(25)4-3-5-22(15)35(31,32)29-19-11-17-12-26-14-27-23(17)28-24(19)34-13-16-6-7-21-20(10-16)30(2)8-9-33-21/h3-7,10-12,14,29H,8-9,13H2,1-2H3. The van der Waals surface area contributed by atoms with Gasteiger partial charge >= 0.3 is 0 Å². The van der Waals surface area contributed by atoms with Crippen molar-refractivity contribution < 1.29 is 17.9 Å². The van der Waals surface area contributed by atoms with E-state index in [-0.39, 0.29) is 23.1 Å². The summed E-state index contributed by atoms with van der Waals surface area (Å²) in [6.07, 6.45) is 2.93. The molecule has 11 heteroatoms. The molecule has 0 atom stereocenters. The fraction of sp³-hybridized carbons (Fsp3) is 0.208. The zero-order valence-electron chi connectivity index (χ0n) is 19.0. The Balaban J connectivity index is 1.48. The van der Waals surface area contributed by atoms with E-state index in [2.05, 4.69) is 24.6 Å². The van der Waals surface area contributed by atoms with Crippen molar-refractivity contribution in [3.05, 3.63) is 71.1 Å². The number of sulfonamides is 1. The van der Waals surface area contributed by atoms with Gasteiger partial charge in [-0.1, -0.05) is 23.7 Å². The first-order valence-corrected chi connectivity index (χ1v) is 12.7. The van der Waals surface area contributed by atoms with Crippen LogP contribution in [0.25, 0.3) is 11.0 Å². The predicted octanol–water partition coefficient (Wildman–Crippen LogP) is 4.20. The molecule has 9 nitrogen and oxygen atoms in total. The second kappa shape index (κ2) is 9.20. The molecule has 2 aromatic carbocycles. The van der Waals surface area contributed by atoms with E-state index in [0.29, 0.717) is 28.2 Å². The Morgan fingerprint density at radius 2 is 2.09 bits per heavy atom. The number of hydrogen-bond donors (Lipinski definition) is 1. The number of likely N-dealkylation sites (N-methyl/N-ethyl adjacent to an activating group) is 1. The van der Waals surface area contributed by atoms with Gasteiger partial charge in [-0.3, -0.25) is 4.72 Å². The monoisotopic (exact) mass is 511 g/mol. The third-order valence-corrected chi connectivity index (χ3v) is 7.62. The number of benzene rings is 2. The summed E-state index contributed by atoms with van der Waals surface area (Å²) in [5, 5.41) is 0.920. The van der Waals surface area contributed by atoms with Gasteiger partial charge in [0.25, 0.3) is 10.0 Å². The quantitative estimate of drug-likeness (QED) is 0.410. The van der Waals surface area contributed by atoms with Crippen LogP contribution in [0.2, 0.25) is 5.02 Å². The molecule has 3 heterocycles. The van der Waals surface area contributed by atoms with Crippen molar-refractivity contribution >= 4 is 44.0 Å². The summed E-state index contributed by atoms with van der Waals surface area (Å²) in [6, 6.07) is 12.1. The summed E-state index contributed by atoms with van der Waals surface area (Å²) in [5.41, 5.74) is 2.85. The van der Waals surface area contributed by atoms with Gasteiger partial charge in [-0.2, -0.15) is 4.98 Å². The van der Waals surface area contributed by atoms with Crippen molar-refractivity contribution in [3.8, 4) is 11.6 Å². The Morgan fingerprint density at radius 1 is 1.23 bits per heavy atom. The molecule has 0 amide bonds. The van der Waals surface area contributed by atoms with Crippen LogP contribution in [0.3, 0.4) is 0 Å². The molecule has 0 saturated heterocycles. The first-order chi connectivity index (χ1) is 16.8. The van der Waals surface area contributed by atoms with E-state index >= 15 is 0 Å². The van der Waals surface area contributed by atoms with Gasteiger partial charge in [0, 0.05) is 23.7 Å². The lowest BCUT2D eigenvalue weighted by Crippen LogP contribution is -2.28. The normalized spacial score (nSPS) is 13.3. The van der Waals surface area contributed by atoms with E-state index in [4.69, 9.17) is 21.1 Å². The van der Waals surface area contributed by atoms with Gasteiger partial charge in [0.2, 0.25) is 5.88 Å². The Morgan fingerprint density at radius 3 is 2.94 bits per heavy atom. The lowest BCUT2D eigenvalue weighted by molar-refractivity contribution is 0.294. The van der Waals surface area contributed by atoms with Crippen LogP contribution in [-0.4, -0.2) is 43.6 Å².